The summed E-state index contributed by atoms with van der Waals surface area (Å²) in [6.45, 7) is 0. The maximum Gasteiger partial charge on any atom is 0.215 e. The molecule has 0 saturated carbocycles. The van der Waals surface area contributed by atoms with E-state index in [1.54, 1.807) is 30.1 Å². The third-order valence-electron chi connectivity index (χ3n) is 3.30. The largest absolute Gasteiger partial charge is 0.287 e. The number of aromatic nitrogens is 2. The van der Waals surface area contributed by atoms with E-state index in [0.717, 1.165) is 10.0 Å². The van der Waals surface area contributed by atoms with E-state index in [4.69, 9.17) is 11.6 Å². The molecule has 22 heavy (non-hydrogen) atoms. The van der Waals surface area contributed by atoms with Crippen LogP contribution in [-0.2, 0) is 7.05 Å². The summed E-state index contributed by atoms with van der Waals surface area (Å²) in [6.07, 6.45) is 1.73. The lowest BCUT2D eigenvalue weighted by Crippen LogP contribution is -2.15. The first kappa shape index (κ1) is 15.0. The van der Waals surface area contributed by atoms with E-state index in [9.17, 15) is 4.79 Å². The molecule has 3 aromatic rings. The first-order chi connectivity index (χ1) is 10.6. The topological polar surface area (TPSA) is 34.9 Å². The molecule has 1 aromatic heterocycles. The molecule has 0 aliphatic carbocycles. The Morgan fingerprint density at radius 1 is 1.09 bits per heavy atom. The van der Waals surface area contributed by atoms with Gasteiger partial charge < -0.3 is 0 Å². The molecule has 0 radical (unpaired) electrons. The van der Waals surface area contributed by atoms with Gasteiger partial charge in [-0.15, -0.1) is 0 Å². The summed E-state index contributed by atoms with van der Waals surface area (Å²) in [5, 5.41) is 4.83. The Kier molecular flexibility index (Phi) is 4.14. The zero-order valence-electron chi connectivity index (χ0n) is 11.8. The SMILES string of the molecule is Cn1cc(-c2cccc(Br)c2)c(=O)c(-c2ccccc2Cl)n1. The maximum absolute atomic E-state index is 12.8. The van der Waals surface area contributed by atoms with Crippen LogP contribution in [0.1, 0.15) is 0 Å². The molecule has 0 aliphatic rings. The van der Waals surface area contributed by atoms with Crippen LogP contribution in [-0.4, -0.2) is 9.78 Å². The van der Waals surface area contributed by atoms with Crippen LogP contribution in [0.4, 0.5) is 0 Å². The number of hydrogen-bond donors (Lipinski definition) is 0. The molecule has 0 fully saturated rings. The highest BCUT2D eigenvalue weighted by molar-refractivity contribution is 9.10. The van der Waals surface area contributed by atoms with Crippen molar-refractivity contribution < 1.29 is 0 Å². The van der Waals surface area contributed by atoms with E-state index >= 15 is 0 Å². The molecule has 0 N–H and O–H groups in total. The van der Waals surface area contributed by atoms with Gasteiger partial charge in [0, 0.05) is 28.8 Å². The van der Waals surface area contributed by atoms with Gasteiger partial charge in [-0.3, -0.25) is 9.48 Å². The van der Waals surface area contributed by atoms with Gasteiger partial charge in [0.05, 0.1) is 5.02 Å². The standard InChI is InChI=1S/C17H12BrClN2O/c1-21-10-14(11-5-4-6-12(18)9-11)17(22)16(20-21)13-7-2-3-8-15(13)19/h2-10H,1H3. The molecule has 0 saturated heterocycles. The lowest BCUT2D eigenvalue weighted by molar-refractivity contribution is 0.741. The molecular formula is C17H12BrClN2O. The number of aryl methyl sites for hydroxylation is 1. The molecule has 3 rings (SSSR count). The fourth-order valence-corrected chi connectivity index (χ4v) is 2.92. The molecule has 1 heterocycles. The van der Waals surface area contributed by atoms with Crippen LogP contribution in [0.5, 0.6) is 0 Å². The molecule has 0 spiro atoms. The van der Waals surface area contributed by atoms with Crippen molar-refractivity contribution >= 4 is 27.5 Å². The van der Waals surface area contributed by atoms with Gasteiger partial charge in [0.2, 0.25) is 5.43 Å². The van der Waals surface area contributed by atoms with E-state index in [1.807, 2.05) is 36.4 Å². The van der Waals surface area contributed by atoms with Gasteiger partial charge in [-0.2, -0.15) is 5.10 Å². The third kappa shape index (κ3) is 2.85. The Labute approximate surface area is 141 Å². The van der Waals surface area contributed by atoms with E-state index in [2.05, 4.69) is 21.0 Å². The van der Waals surface area contributed by atoms with Crippen molar-refractivity contribution in [2.45, 2.75) is 0 Å². The molecule has 0 unspecified atom stereocenters. The highest BCUT2D eigenvalue weighted by Crippen LogP contribution is 2.26. The Hall–Kier alpha value is -1.91. The first-order valence-electron chi connectivity index (χ1n) is 6.65. The number of hydrogen-bond acceptors (Lipinski definition) is 2. The Morgan fingerprint density at radius 3 is 2.59 bits per heavy atom. The second-order valence-electron chi connectivity index (χ2n) is 4.88. The summed E-state index contributed by atoms with van der Waals surface area (Å²) >= 11 is 9.64. The predicted octanol–water partition coefficient (Wildman–Crippen LogP) is 4.53. The van der Waals surface area contributed by atoms with Gasteiger partial charge >= 0.3 is 0 Å². The van der Waals surface area contributed by atoms with Gasteiger partial charge in [-0.05, 0) is 23.8 Å². The summed E-state index contributed by atoms with van der Waals surface area (Å²) < 4.78 is 2.55. The average molecular weight is 376 g/mol. The minimum absolute atomic E-state index is 0.135. The van der Waals surface area contributed by atoms with E-state index in [1.165, 1.54) is 0 Å². The summed E-state index contributed by atoms with van der Waals surface area (Å²) in [5.74, 6) is 0. The van der Waals surface area contributed by atoms with Crippen molar-refractivity contribution in [3.63, 3.8) is 0 Å². The quantitative estimate of drug-likeness (QED) is 0.659. The second kappa shape index (κ2) is 6.07. The Morgan fingerprint density at radius 2 is 1.86 bits per heavy atom. The average Bonchev–Trinajstić information content (AvgIpc) is 2.50. The molecule has 0 atom stereocenters. The summed E-state index contributed by atoms with van der Waals surface area (Å²) in [6, 6.07) is 14.9. The lowest BCUT2D eigenvalue weighted by Gasteiger charge is -2.09. The molecular weight excluding hydrogens is 364 g/mol. The van der Waals surface area contributed by atoms with Gasteiger partial charge in [0.25, 0.3) is 0 Å². The zero-order chi connectivity index (χ0) is 15.7. The molecule has 2 aromatic carbocycles. The highest BCUT2D eigenvalue weighted by atomic mass is 79.9. The minimum atomic E-state index is -0.135. The van der Waals surface area contributed by atoms with Gasteiger partial charge in [0.15, 0.2) is 0 Å². The molecule has 3 nitrogen and oxygen atoms in total. The van der Waals surface area contributed by atoms with Crippen LogP contribution in [0, 0.1) is 0 Å². The molecule has 5 heteroatoms. The van der Waals surface area contributed by atoms with Crippen LogP contribution < -0.4 is 5.43 Å². The normalized spacial score (nSPS) is 10.7. The van der Waals surface area contributed by atoms with Crippen LogP contribution >= 0.6 is 27.5 Å². The monoisotopic (exact) mass is 374 g/mol. The maximum atomic E-state index is 12.8. The number of nitrogens with zero attached hydrogens (tertiary/aromatic N) is 2. The van der Waals surface area contributed by atoms with Crippen molar-refractivity contribution in [1.29, 1.82) is 0 Å². The predicted molar refractivity (Wildman–Crippen MR) is 93.1 cm³/mol. The van der Waals surface area contributed by atoms with Crippen molar-refractivity contribution in [3.8, 4) is 22.4 Å². The molecule has 110 valence electrons. The minimum Gasteiger partial charge on any atom is -0.287 e. The Bertz CT molecular complexity index is 905. The van der Waals surface area contributed by atoms with E-state index < -0.39 is 0 Å². The van der Waals surface area contributed by atoms with E-state index in [0.29, 0.717) is 21.8 Å². The van der Waals surface area contributed by atoms with Gasteiger partial charge in [0.1, 0.15) is 5.69 Å². The second-order valence-corrected chi connectivity index (χ2v) is 6.21. The fraction of sp³-hybridized carbons (Fsp3) is 0.0588. The summed E-state index contributed by atoms with van der Waals surface area (Å²) in [4.78, 5) is 12.8. The smallest absolute Gasteiger partial charge is 0.215 e. The number of halogens is 2. The Balaban J connectivity index is 2.27. The number of rotatable bonds is 2. The lowest BCUT2D eigenvalue weighted by atomic mass is 10.0. The van der Waals surface area contributed by atoms with Crippen molar-refractivity contribution in [3.05, 3.63) is 74.4 Å². The van der Waals surface area contributed by atoms with Crippen LogP contribution in [0.15, 0.2) is 64.0 Å². The summed E-state index contributed by atoms with van der Waals surface area (Å²) in [7, 11) is 1.79. The van der Waals surface area contributed by atoms with Crippen molar-refractivity contribution in [2.24, 2.45) is 7.05 Å². The third-order valence-corrected chi connectivity index (χ3v) is 4.12. The number of benzene rings is 2. The fourth-order valence-electron chi connectivity index (χ4n) is 2.30. The van der Waals surface area contributed by atoms with Crippen molar-refractivity contribution in [1.82, 2.24) is 9.78 Å². The molecule has 0 amide bonds. The molecule has 0 bridgehead atoms. The highest BCUT2D eigenvalue weighted by Gasteiger charge is 2.14. The molecule has 0 aliphatic heterocycles. The van der Waals surface area contributed by atoms with E-state index in [-0.39, 0.29) is 5.43 Å². The van der Waals surface area contributed by atoms with Crippen molar-refractivity contribution in [2.75, 3.05) is 0 Å². The van der Waals surface area contributed by atoms with Crippen LogP contribution in [0.25, 0.3) is 22.4 Å². The van der Waals surface area contributed by atoms with Gasteiger partial charge in [-0.1, -0.05) is 57.9 Å². The zero-order valence-corrected chi connectivity index (χ0v) is 14.1. The first-order valence-corrected chi connectivity index (χ1v) is 7.82. The summed E-state index contributed by atoms with van der Waals surface area (Å²) in [5.41, 5.74) is 2.29. The van der Waals surface area contributed by atoms with Crippen LogP contribution in [0.2, 0.25) is 5.02 Å². The van der Waals surface area contributed by atoms with Gasteiger partial charge in [-0.25, -0.2) is 0 Å². The van der Waals surface area contributed by atoms with Crippen LogP contribution in [0.3, 0.4) is 0 Å².